The molecule has 1 rings (SSSR count). The van der Waals surface area contributed by atoms with Gasteiger partial charge in [0.25, 0.3) is 0 Å². The lowest BCUT2D eigenvalue weighted by Crippen LogP contribution is -2.37. The molecule has 1 aromatic carbocycles. The lowest BCUT2D eigenvalue weighted by Gasteiger charge is -2.17. The Labute approximate surface area is 170 Å². The minimum atomic E-state index is 0.166. The van der Waals surface area contributed by atoms with Crippen LogP contribution in [0, 0.1) is 0 Å². The van der Waals surface area contributed by atoms with E-state index in [0.717, 1.165) is 43.5 Å². The van der Waals surface area contributed by atoms with Crippen LogP contribution >= 0.6 is 0 Å². The number of nitrogens with zero attached hydrogens (tertiary/aromatic N) is 2. The topological polar surface area (TPSA) is 67.4 Å². The molecule has 0 spiro atoms. The van der Waals surface area contributed by atoms with Gasteiger partial charge in [0.15, 0.2) is 5.96 Å². The highest BCUT2D eigenvalue weighted by Crippen LogP contribution is 2.16. The number of aliphatic imine (C=N–C) groups is 1. The van der Waals surface area contributed by atoms with Crippen LogP contribution in [0.1, 0.15) is 27.2 Å². The second-order valence-electron chi connectivity index (χ2n) is 6.83. The summed E-state index contributed by atoms with van der Waals surface area (Å²) in [6.07, 6.45) is 1.03. The quantitative estimate of drug-likeness (QED) is 0.287. The third-order valence-corrected chi connectivity index (χ3v) is 3.96. The molecule has 0 aliphatic rings. The van der Waals surface area contributed by atoms with E-state index < -0.39 is 0 Å². The first kappa shape index (κ1) is 24.2. The van der Waals surface area contributed by atoms with Crippen molar-refractivity contribution in [3.8, 4) is 5.75 Å². The van der Waals surface area contributed by atoms with Gasteiger partial charge in [-0.05, 0) is 58.1 Å². The predicted molar refractivity (Wildman–Crippen MR) is 117 cm³/mol. The fraction of sp³-hybridized carbons (Fsp3) is 0.667. The van der Waals surface area contributed by atoms with Crippen LogP contribution in [0.3, 0.4) is 0 Å². The summed E-state index contributed by atoms with van der Waals surface area (Å²) in [6, 6.07) is 7.94. The van der Waals surface area contributed by atoms with E-state index >= 15 is 0 Å². The maximum Gasteiger partial charge on any atom is 0.195 e. The van der Waals surface area contributed by atoms with Crippen molar-refractivity contribution in [2.24, 2.45) is 4.99 Å². The van der Waals surface area contributed by atoms with Crippen LogP contribution in [-0.4, -0.2) is 77.1 Å². The zero-order valence-electron chi connectivity index (χ0n) is 18.2. The molecule has 0 saturated carbocycles. The van der Waals surface area contributed by atoms with Crippen molar-refractivity contribution < 1.29 is 14.2 Å². The number of ether oxygens (including phenoxy) is 3. The van der Waals surface area contributed by atoms with Crippen molar-refractivity contribution in [3.05, 3.63) is 24.3 Å². The van der Waals surface area contributed by atoms with Crippen LogP contribution in [0.15, 0.2) is 29.3 Å². The molecular weight excluding hydrogens is 356 g/mol. The zero-order chi connectivity index (χ0) is 20.6. The minimum absolute atomic E-state index is 0.166. The highest BCUT2D eigenvalue weighted by molar-refractivity contribution is 5.93. The maximum atomic E-state index is 5.70. The van der Waals surface area contributed by atoms with Crippen molar-refractivity contribution in [3.63, 3.8) is 0 Å². The third kappa shape index (κ3) is 11.8. The molecule has 0 atom stereocenters. The van der Waals surface area contributed by atoms with E-state index in [9.17, 15) is 0 Å². The van der Waals surface area contributed by atoms with Crippen LogP contribution in [0.5, 0.6) is 5.75 Å². The first-order valence-electron chi connectivity index (χ1n) is 10.1. The molecule has 0 heterocycles. The SMILES string of the molecule is CCN(C)CCNC(=NCCCOCCOC)Nc1ccc(OC(C)C)cc1. The zero-order valence-corrected chi connectivity index (χ0v) is 18.2. The molecule has 0 aliphatic carbocycles. The Morgan fingerprint density at radius 1 is 1.14 bits per heavy atom. The van der Waals surface area contributed by atoms with Crippen molar-refractivity contribution in [1.82, 2.24) is 10.2 Å². The number of hydrogen-bond acceptors (Lipinski definition) is 5. The third-order valence-electron chi connectivity index (χ3n) is 3.96. The Hall–Kier alpha value is -1.83. The molecule has 7 nitrogen and oxygen atoms in total. The van der Waals surface area contributed by atoms with Crippen LogP contribution < -0.4 is 15.4 Å². The van der Waals surface area contributed by atoms with E-state index in [0.29, 0.717) is 26.4 Å². The normalized spacial score (nSPS) is 11.9. The number of nitrogens with one attached hydrogen (secondary N) is 2. The van der Waals surface area contributed by atoms with Gasteiger partial charge in [0.1, 0.15) is 5.75 Å². The summed E-state index contributed by atoms with van der Waals surface area (Å²) in [5, 5.41) is 6.76. The predicted octanol–water partition coefficient (Wildman–Crippen LogP) is 2.84. The summed E-state index contributed by atoms with van der Waals surface area (Å²) in [5.41, 5.74) is 0.975. The monoisotopic (exact) mass is 394 g/mol. The van der Waals surface area contributed by atoms with E-state index in [2.05, 4.69) is 34.5 Å². The molecule has 0 radical (unpaired) electrons. The Morgan fingerprint density at radius 3 is 2.54 bits per heavy atom. The first-order valence-corrected chi connectivity index (χ1v) is 10.1. The van der Waals surface area contributed by atoms with Crippen LogP contribution in [-0.2, 0) is 9.47 Å². The van der Waals surface area contributed by atoms with Gasteiger partial charge in [-0.15, -0.1) is 0 Å². The van der Waals surface area contributed by atoms with E-state index in [-0.39, 0.29) is 6.10 Å². The summed E-state index contributed by atoms with van der Waals surface area (Å²) >= 11 is 0. The van der Waals surface area contributed by atoms with Gasteiger partial charge in [0.05, 0.1) is 19.3 Å². The highest BCUT2D eigenvalue weighted by Gasteiger charge is 2.03. The number of methoxy groups -OCH3 is 1. The minimum Gasteiger partial charge on any atom is -0.491 e. The second-order valence-corrected chi connectivity index (χ2v) is 6.83. The van der Waals surface area contributed by atoms with Crippen LogP contribution in [0.4, 0.5) is 5.69 Å². The summed E-state index contributed by atoms with van der Waals surface area (Å²) in [4.78, 5) is 6.92. The lowest BCUT2D eigenvalue weighted by molar-refractivity contribution is 0.0702. The molecule has 0 amide bonds. The Bertz CT molecular complexity index is 535. The number of hydrogen-bond donors (Lipinski definition) is 2. The fourth-order valence-corrected chi connectivity index (χ4v) is 2.29. The van der Waals surface area contributed by atoms with Gasteiger partial charge < -0.3 is 29.7 Å². The van der Waals surface area contributed by atoms with Gasteiger partial charge in [0.2, 0.25) is 0 Å². The summed E-state index contributed by atoms with van der Waals surface area (Å²) < 4.78 is 16.2. The van der Waals surface area contributed by atoms with Crippen molar-refractivity contribution >= 4 is 11.6 Å². The Kier molecular flexibility index (Phi) is 13.1. The van der Waals surface area contributed by atoms with Gasteiger partial charge in [-0.2, -0.15) is 0 Å². The molecule has 7 heteroatoms. The van der Waals surface area contributed by atoms with Crippen molar-refractivity contribution in [1.29, 1.82) is 0 Å². The van der Waals surface area contributed by atoms with E-state index in [1.165, 1.54) is 0 Å². The van der Waals surface area contributed by atoms with E-state index in [1.54, 1.807) is 7.11 Å². The molecule has 0 bridgehead atoms. The molecular formula is C21H38N4O3. The van der Waals surface area contributed by atoms with Gasteiger partial charge in [-0.25, -0.2) is 0 Å². The molecule has 0 aromatic heterocycles. The van der Waals surface area contributed by atoms with Crippen LogP contribution in [0.25, 0.3) is 0 Å². The fourth-order valence-electron chi connectivity index (χ4n) is 2.29. The van der Waals surface area contributed by atoms with Crippen molar-refractivity contribution in [2.45, 2.75) is 33.3 Å². The van der Waals surface area contributed by atoms with Gasteiger partial charge in [-0.1, -0.05) is 6.92 Å². The molecule has 0 unspecified atom stereocenters. The Balaban J connectivity index is 2.54. The Morgan fingerprint density at radius 2 is 1.89 bits per heavy atom. The maximum absolute atomic E-state index is 5.70. The first-order chi connectivity index (χ1) is 13.5. The number of rotatable bonds is 14. The number of benzene rings is 1. The molecule has 0 fully saturated rings. The molecule has 0 saturated heterocycles. The van der Waals surface area contributed by atoms with Crippen LogP contribution in [0.2, 0.25) is 0 Å². The number of likely N-dealkylation sites (N-methyl/N-ethyl adjacent to an activating group) is 1. The smallest absolute Gasteiger partial charge is 0.195 e. The number of anilines is 1. The van der Waals surface area contributed by atoms with Gasteiger partial charge in [-0.3, -0.25) is 4.99 Å². The van der Waals surface area contributed by atoms with E-state index in [1.807, 2.05) is 38.1 Å². The molecule has 0 aliphatic heterocycles. The average molecular weight is 395 g/mol. The van der Waals surface area contributed by atoms with Gasteiger partial charge in [0, 0.05) is 39.0 Å². The molecule has 1 aromatic rings. The molecule has 2 N–H and O–H groups in total. The number of guanidine groups is 1. The summed E-state index contributed by atoms with van der Waals surface area (Å²) in [7, 11) is 3.78. The highest BCUT2D eigenvalue weighted by atomic mass is 16.5. The molecule has 160 valence electrons. The van der Waals surface area contributed by atoms with E-state index in [4.69, 9.17) is 14.2 Å². The van der Waals surface area contributed by atoms with Gasteiger partial charge >= 0.3 is 0 Å². The lowest BCUT2D eigenvalue weighted by atomic mass is 10.3. The van der Waals surface area contributed by atoms with Crippen molar-refractivity contribution in [2.75, 3.05) is 65.5 Å². The standard InChI is InChI=1S/C21H38N4O3/c1-6-25(4)14-13-23-21(22-12-7-15-27-17-16-26-5)24-19-8-10-20(11-9-19)28-18(2)3/h8-11,18H,6-7,12-17H2,1-5H3,(H2,22,23,24). The largest absolute Gasteiger partial charge is 0.491 e. The molecule has 28 heavy (non-hydrogen) atoms. The average Bonchev–Trinajstić information content (AvgIpc) is 2.68. The summed E-state index contributed by atoms with van der Waals surface area (Å²) in [5.74, 6) is 1.64. The second kappa shape index (κ2) is 15.1. The summed E-state index contributed by atoms with van der Waals surface area (Å²) in [6.45, 7) is 11.6.